The van der Waals surface area contributed by atoms with Crippen LogP contribution in [0.5, 0.6) is 0 Å². The molecule has 1 saturated carbocycles. The summed E-state index contributed by atoms with van der Waals surface area (Å²) in [7, 11) is 0. The van der Waals surface area contributed by atoms with Crippen LogP contribution in [0.4, 0.5) is 0 Å². The lowest BCUT2D eigenvalue weighted by molar-refractivity contribution is 0.352. The summed E-state index contributed by atoms with van der Waals surface area (Å²) >= 11 is 1.84. The number of rotatable bonds is 4. The van der Waals surface area contributed by atoms with Gasteiger partial charge in [-0.3, -0.25) is 0 Å². The van der Waals surface area contributed by atoms with E-state index in [1.54, 1.807) is 0 Å². The van der Waals surface area contributed by atoms with Gasteiger partial charge < -0.3 is 5.32 Å². The van der Waals surface area contributed by atoms with Gasteiger partial charge in [-0.1, -0.05) is 13.0 Å². The van der Waals surface area contributed by atoms with E-state index in [9.17, 15) is 0 Å². The molecule has 1 aliphatic carbocycles. The highest BCUT2D eigenvalue weighted by Crippen LogP contribution is 2.48. The first-order valence-electron chi connectivity index (χ1n) is 5.41. The molecule has 1 aromatic heterocycles. The minimum Gasteiger partial charge on any atom is -0.306 e. The van der Waals surface area contributed by atoms with Crippen molar-refractivity contribution < 1.29 is 0 Å². The first kappa shape index (κ1) is 10.2. The predicted molar refractivity (Wildman–Crippen MR) is 62.7 cm³/mol. The van der Waals surface area contributed by atoms with E-state index in [0.29, 0.717) is 17.5 Å². The third-order valence-electron chi connectivity index (χ3n) is 3.55. The highest BCUT2D eigenvalue weighted by Gasteiger charge is 2.42. The van der Waals surface area contributed by atoms with Crippen LogP contribution in [0.15, 0.2) is 17.5 Å². The Morgan fingerprint density at radius 2 is 2.14 bits per heavy atom. The molecule has 2 heteroatoms. The summed E-state index contributed by atoms with van der Waals surface area (Å²) in [5.41, 5.74) is 0.575. The number of thiophene rings is 1. The van der Waals surface area contributed by atoms with Crippen LogP contribution in [0, 0.1) is 5.41 Å². The average molecular weight is 209 g/mol. The van der Waals surface area contributed by atoms with Gasteiger partial charge in [0.05, 0.1) is 0 Å². The monoisotopic (exact) mass is 209 g/mol. The number of hydrogen-bond acceptors (Lipinski definition) is 2. The molecule has 1 unspecified atom stereocenters. The van der Waals surface area contributed by atoms with Crippen molar-refractivity contribution in [2.45, 2.75) is 45.7 Å². The minimum absolute atomic E-state index is 0.502. The maximum atomic E-state index is 3.70. The highest BCUT2D eigenvalue weighted by molar-refractivity contribution is 7.10. The zero-order chi connectivity index (χ0) is 10.2. The zero-order valence-corrected chi connectivity index (χ0v) is 10.0. The van der Waals surface area contributed by atoms with Crippen molar-refractivity contribution in [2.24, 2.45) is 5.41 Å². The van der Waals surface area contributed by atoms with Gasteiger partial charge in [-0.15, -0.1) is 11.3 Å². The molecule has 2 atom stereocenters. The summed E-state index contributed by atoms with van der Waals surface area (Å²) in [6.07, 6.45) is 2.77. The molecule has 2 rings (SSSR count). The standard InChI is InChI=1S/C12H19NS/c1-9(11-5-4-8-14-11)13-10(2)12(3)6-7-12/h4-5,8-10,13H,6-7H2,1-3H3/t9-,10?/m1/s1. The topological polar surface area (TPSA) is 12.0 Å². The Labute approximate surface area is 90.5 Å². The van der Waals surface area contributed by atoms with Gasteiger partial charge in [0.15, 0.2) is 0 Å². The molecule has 0 amide bonds. The second-order valence-corrected chi connectivity index (χ2v) is 5.76. The van der Waals surface area contributed by atoms with Crippen molar-refractivity contribution in [1.29, 1.82) is 0 Å². The Hall–Kier alpha value is -0.340. The van der Waals surface area contributed by atoms with E-state index >= 15 is 0 Å². The molecule has 0 spiro atoms. The molecular formula is C12H19NS. The van der Waals surface area contributed by atoms with Gasteiger partial charge in [0, 0.05) is 17.0 Å². The van der Waals surface area contributed by atoms with E-state index in [0.717, 1.165) is 0 Å². The average Bonchev–Trinajstić information content (AvgIpc) is 2.71. The van der Waals surface area contributed by atoms with Gasteiger partial charge in [-0.05, 0) is 43.6 Å². The summed E-state index contributed by atoms with van der Waals surface area (Å²) in [6.45, 7) is 6.96. The smallest absolute Gasteiger partial charge is 0.0388 e. The largest absolute Gasteiger partial charge is 0.306 e. The van der Waals surface area contributed by atoms with Gasteiger partial charge in [0.1, 0.15) is 0 Å². The van der Waals surface area contributed by atoms with Crippen LogP contribution in [0.1, 0.15) is 44.5 Å². The van der Waals surface area contributed by atoms with Crippen LogP contribution in [0.3, 0.4) is 0 Å². The first-order chi connectivity index (χ1) is 6.62. The molecule has 0 aromatic carbocycles. The third-order valence-corrected chi connectivity index (χ3v) is 4.61. The summed E-state index contributed by atoms with van der Waals surface area (Å²) in [5, 5.41) is 5.84. The molecule has 1 N–H and O–H groups in total. The Morgan fingerprint density at radius 1 is 1.43 bits per heavy atom. The summed E-state index contributed by atoms with van der Waals surface area (Å²) in [4.78, 5) is 1.45. The van der Waals surface area contributed by atoms with E-state index in [4.69, 9.17) is 0 Å². The quantitative estimate of drug-likeness (QED) is 0.799. The summed E-state index contributed by atoms with van der Waals surface area (Å²) < 4.78 is 0. The lowest BCUT2D eigenvalue weighted by Crippen LogP contribution is -2.34. The van der Waals surface area contributed by atoms with E-state index in [1.807, 2.05) is 11.3 Å². The molecule has 0 radical (unpaired) electrons. The minimum atomic E-state index is 0.502. The van der Waals surface area contributed by atoms with Crippen molar-refractivity contribution >= 4 is 11.3 Å². The maximum absolute atomic E-state index is 3.70. The lowest BCUT2D eigenvalue weighted by Gasteiger charge is -2.24. The predicted octanol–water partition coefficient (Wildman–Crippen LogP) is 3.59. The number of nitrogens with one attached hydrogen (secondary N) is 1. The van der Waals surface area contributed by atoms with Crippen molar-refractivity contribution in [3.05, 3.63) is 22.4 Å². The molecule has 1 heterocycles. The van der Waals surface area contributed by atoms with Gasteiger partial charge in [-0.25, -0.2) is 0 Å². The van der Waals surface area contributed by atoms with Gasteiger partial charge >= 0.3 is 0 Å². The molecule has 1 aliphatic rings. The van der Waals surface area contributed by atoms with E-state index in [2.05, 4.69) is 43.6 Å². The number of hydrogen-bond donors (Lipinski definition) is 1. The maximum Gasteiger partial charge on any atom is 0.0388 e. The van der Waals surface area contributed by atoms with Crippen LogP contribution in [-0.4, -0.2) is 6.04 Å². The van der Waals surface area contributed by atoms with Crippen molar-refractivity contribution in [3.8, 4) is 0 Å². The fourth-order valence-electron chi connectivity index (χ4n) is 1.83. The Morgan fingerprint density at radius 3 is 2.64 bits per heavy atom. The van der Waals surface area contributed by atoms with Crippen LogP contribution >= 0.6 is 11.3 Å². The zero-order valence-electron chi connectivity index (χ0n) is 9.21. The van der Waals surface area contributed by atoms with Crippen LogP contribution in [0.2, 0.25) is 0 Å². The second-order valence-electron chi connectivity index (χ2n) is 4.78. The van der Waals surface area contributed by atoms with Crippen LogP contribution in [0.25, 0.3) is 0 Å². The normalized spacial score (nSPS) is 23.1. The van der Waals surface area contributed by atoms with Gasteiger partial charge in [-0.2, -0.15) is 0 Å². The molecule has 0 saturated heterocycles. The summed E-state index contributed by atoms with van der Waals surface area (Å²) in [5.74, 6) is 0. The molecule has 1 nitrogen and oxygen atoms in total. The lowest BCUT2D eigenvalue weighted by atomic mass is 10.00. The van der Waals surface area contributed by atoms with Crippen molar-refractivity contribution in [2.75, 3.05) is 0 Å². The molecule has 14 heavy (non-hydrogen) atoms. The van der Waals surface area contributed by atoms with Gasteiger partial charge in [0.2, 0.25) is 0 Å². The first-order valence-corrected chi connectivity index (χ1v) is 6.29. The molecule has 78 valence electrons. The molecule has 0 aliphatic heterocycles. The van der Waals surface area contributed by atoms with Crippen molar-refractivity contribution in [3.63, 3.8) is 0 Å². The fourth-order valence-corrected chi connectivity index (χ4v) is 2.57. The van der Waals surface area contributed by atoms with E-state index in [1.165, 1.54) is 17.7 Å². The highest BCUT2D eigenvalue weighted by atomic mass is 32.1. The van der Waals surface area contributed by atoms with E-state index in [-0.39, 0.29) is 0 Å². The molecular weight excluding hydrogens is 190 g/mol. The fraction of sp³-hybridized carbons (Fsp3) is 0.667. The molecule has 0 bridgehead atoms. The Balaban J connectivity index is 1.91. The second kappa shape index (κ2) is 3.67. The third kappa shape index (κ3) is 2.01. The molecule has 1 fully saturated rings. The summed E-state index contributed by atoms with van der Waals surface area (Å²) in [6, 6.07) is 5.48. The van der Waals surface area contributed by atoms with Crippen molar-refractivity contribution in [1.82, 2.24) is 5.32 Å². The van der Waals surface area contributed by atoms with Gasteiger partial charge in [0.25, 0.3) is 0 Å². The van der Waals surface area contributed by atoms with Crippen LogP contribution in [-0.2, 0) is 0 Å². The Kier molecular flexibility index (Phi) is 2.67. The van der Waals surface area contributed by atoms with Crippen LogP contribution < -0.4 is 5.32 Å². The SMILES string of the molecule is CC(N[C@H](C)c1cccs1)C1(C)CC1. The Bertz CT molecular complexity index is 287. The molecule has 1 aromatic rings. The van der Waals surface area contributed by atoms with E-state index < -0.39 is 0 Å².